The van der Waals surface area contributed by atoms with Crippen LogP contribution in [0.5, 0.6) is 11.5 Å². The number of carbonyl (C=O) groups is 2. The number of hydrogen-bond acceptors (Lipinski definition) is 6. The third-order valence-corrected chi connectivity index (χ3v) is 8.42. The molecular weight excluding hydrogens is 615 g/mol. The number of aromatic hydroxyl groups is 2. The average molecular weight is 664 g/mol. The van der Waals surface area contributed by atoms with Crippen molar-refractivity contribution in [2.75, 3.05) is 52.5 Å². The average Bonchev–Trinajstić information content (AvgIpc) is 3.03. The molecule has 10 heteroatoms. The third kappa shape index (κ3) is 8.79. The topological polar surface area (TPSA) is 102 Å². The number of benzene rings is 4. The molecule has 0 saturated heterocycles. The van der Waals surface area contributed by atoms with Crippen LogP contribution in [0.15, 0.2) is 60.7 Å². The number of fused-ring (bicyclic) bond motifs is 2. The first-order chi connectivity index (χ1) is 20.8. The van der Waals surface area contributed by atoms with Crippen molar-refractivity contribution in [2.24, 2.45) is 0 Å². The highest BCUT2D eigenvalue weighted by atomic mass is 35.5. The van der Waals surface area contributed by atoms with E-state index in [1.54, 1.807) is 12.1 Å². The summed E-state index contributed by atoms with van der Waals surface area (Å²) < 4.78 is 11.2. The summed E-state index contributed by atoms with van der Waals surface area (Å²) in [5, 5.41) is 26.0. The lowest BCUT2D eigenvalue weighted by Crippen LogP contribution is -3.11. The maximum atomic E-state index is 13.2. The second-order valence-corrected chi connectivity index (χ2v) is 10.8. The number of ether oxygens (including phenoxy) is 2. The van der Waals surface area contributed by atoms with Crippen LogP contribution in [0.3, 0.4) is 0 Å². The molecule has 0 aromatic heterocycles. The second kappa shape index (κ2) is 17.8. The van der Waals surface area contributed by atoms with Crippen LogP contribution in [0, 0.1) is 0 Å². The van der Waals surface area contributed by atoms with Gasteiger partial charge in [0.25, 0.3) is 0 Å². The zero-order chi connectivity index (χ0) is 30.9. The summed E-state index contributed by atoms with van der Waals surface area (Å²) in [6.07, 6.45) is 0.0775. The Labute approximate surface area is 280 Å². The second-order valence-electron chi connectivity index (χ2n) is 10.8. The highest BCUT2D eigenvalue weighted by molar-refractivity contribution is 6.03. The van der Waals surface area contributed by atoms with Gasteiger partial charge in [0.2, 0.25) is 0 Å². The molecule has 248 valence electrons. The largest absolute Gasteiger partial charge is 1.00 e. The van der Waals surface area contributed by atoms with Crippen molar-refractivity contribution in [2.45, 2.75) is 34.1 Å². The van der Waals surface area contributed by atoms with Crippen molar-refractivity contribution < 1.29 is 66.7 Å². The fraction of sp³-hybridized carbons (Fsp3) is 0.371. The minimum Gasteiger partial charge on any atom is -1.00 e. The van der Waals surface area contributed by atoms with Crippen molar-refractivity contribution in [3.8, 4) is 11.5 Å². The molecule has 0 fully saturated rings. The Hall–Kier alpha value is -3.56. The Morgan fingerprint density at radius 3 is 1.36 bits per heavy atom. The predicted molar refractivity (Wildman–Crippen MR) is 173 cm³/mol. The van der Waals surface area contributed by atoms with Crippen LogP contribution in [-0.4, -0.2) is 74.6 Å². The standard InChI is InChI=1S/C35H42N2O6.2ClH.2H2/c1-5-36(6-2)17-19-42-34(40)30-21-24-13-9-11-15-26(24)28(32(30)38)23-29-27-16-12-10-14-25(27)22-31(33(29)39)35(41)43-20-18-37(7-3)8-4;;;;/h9-16,21-22,38-39H,5-8,17-20,23H2,1-4H3;4*1H. The quantitative estimate of drug-likeness (QED) is 0.113. The molecule has 0 aliphatic carbocycles. The summed E-state index contributed by atoms with van der Waals surface area (Å²) in [4.78, 5) is 29.0. The van der Waals surface area contributed by atoms with Crippen LogP contribution in [-0.2, 0) is 15.9 Å². The summed E-state index contributed by atoms with van der Waals surface area (Å²) in [7, 11) is 0. The van der Waals surface area contributed by atoms with Crippen LogP contribution < -0.4 is 34.6 Å². The molecule has 4 aromatic carbocycles. The van der Waals surface area contributed by atoms with Gasteiger partial charge in [-0.05, 0) is 61.4 Å². The van der Waals surface area contributed by atoms with Crippen molar-refractivity contribution in [1.29, 1.82) is 0 Å². The molecule has 0 atom stereocenters. The summed E-state index contributed by atoms with van der Waals surface area (Å²) >= 11 is 0. The Morgan fingerprint density at radius 2 is 1.00 bits per heavy atom. The summed E-state index contributed by atoms with van der Waals surface area (Å²) in [6, 6.07) is 18.2. The number of esters is 2. The number of phenols is 2. The van der Waals surface area contributed by atoms with Gasteiger partial charge in [0.1, 0.15) is 48.9 Å². The number of likely N-dealkylation sites (N-methyl/N-ethyl adjacent to an activating group) is 2. The van der Waals surface area contributed by atoms with E-state index in [1.165, 1.54) is 9.80 Å². The van der Waals surface area contributed by atoms with Gasteiger partial charge in [-0.3, -0.25) is 0 Å². The molecule has 4 rings (SSSR count). The number of quaternary nitrogens is 2. The van der Waals surface area contributed by atoms with Crippen LogP contribution >= 0.6 is 0 Å². The minimum absolute atomic E-state index is 0. The molecule has 0 aliphatic rings. The maximum Gasteiger partial charge on any atom is 0.342 e. The third-order valence-electron chi connectivity index (χ3n) is 8.42. The van der Waals surface area contributed by atoms with Gasteiger partial charge >= 0.3 is 11.9 Å². The number of carbonyl (C=O) groups excluding carboxylic acids is 2. The summed E-state index contributed by atoms with van der Waals surface area (Å²) in [5.74, 6) is -1.59. The fourth-order valence-corrected chi connectivity index (χ4v) is 5.61. The molecule has 0 amide bonds. The summed E-state index contributed by atoms with van der Waals surface area (Å²) in [5.41, 5.74) is 1.08. The van der Waals surface area contributed by atoms with Crippen LogP contribution in [0.1, 0.15) is 62.4 Å². The van der Waals surface area contributed by atoms with E-state index in [1.807, 2.05) is 48.5 Å². The molecule has 4 N–H and O–H groups in total. The van der Waals surface area contributed by atoms with Crippen LogP contribution in [0.25, 0.3) is 21.5 Å². The summed E-state index contributed by atoms with van der Waals surface area (Å²) in [6.45, 7) is 13.9. The molecule has 0 unspecified atom stereocenters. The first kappa shape index (κ1) is 37.6. The maximum absolute atomic E-state index is 13.2. The van der Waals surface area contributed by atoms with E-state index in [-0.39, 0.29) is 69.9 Å². The number of rotatable bonds is 14. The first-order valence-electron chi connectivity index (χ1n) is 15.3. The van der Waals surface area contributed by atoms with Crippen molar-refractivity contribution >= 4 is 33.5 Å². The van der Waals surface area contributed by atoms with Gasteiger partial charge in [0.15, 0.2) is 0 Å². The normalized spacial score (nSPS) is 11.0. The molecule has 4 aromatic rings. The van der Waals surface area contributed by atoms with Gasteiger partial charge in [-0.25, -0.2) is 9.59 Å². The van der Waals surface area contributed by atoms with Gasteiger partial charge in [-0.15, -0.1) is 0 Å². The minimum atomic E-state index is -0.599. The number of hydrogen-bond donors (Lipinski definition) is 4. The van der Waals surface area contributed by atoms with Gasteiger partial charge in [-0.1, -0.05) is 48.5 Å². The van der Waals surface area contributed by atoms with E-state index in [9.17, 15) is 19.8 Å². The van der Waals surface area contributed by atoms with Crippen LogP contribution in [0.2, 0.25) is 0 Å². The van der Waals surface area contributed by atoms with E-state index < -0.39 is 11.9 Å². The van der Waals surface area contributed by atoms with Gasteiger partial charge in [0, 0.05) is 20.4 Å². The molecule has 0 bridgehead atoms. The lowest BCUT2D eigenvalue weighted by molar-refractivity contribution is -0.896. The molecule has 45 heavy (non-hydrogen) atoms. The van der Waals surface area contributed by atoms with E-state index >= 15 is 0 Å². The molecule has 0 heterocycles. The van der Waals surface area contributed by atoms with Gasteiger partial charge in [0.05, 0.1) is 26.2 Å². The van der Waals surface area contributed by atoms with Crippen molar-refractivity contribution in [3.63, 3.8) is 0 Å². The number of halogens is 2. The molecule has 0 aliphatic heterocycles. The Kier molecular flexibility index (Phi) is 14.9. The Bertz CT molecular complexity index is 1480. The van der Waals surface area contributed by atoms with Crippen LogP contribution in [0.4, 0.5) is 0 Å². The molecule has 0 spiro atoms. The van der Waals surface area contributed by atoms with E-state index in [0.29, 0.717) is 24.2 Å². The highest BCUT2D eigenvalue weighted by Gasteiger charge is 2.24. The van der Waals surface area contributed by atoms with E-state index in [2.05, 4.69) is 27.7 Å². The van der Waals surface area contributed by atoms with E-state index in [4.69, 9.17) is 9.47 Å². The molecule has 8 nitrogen and oxygen atoms in total. The lowest BCUT2D eigenvalue weighted by atomic mass is 9.90. The van der Waals surface area contributed by atoms with Gasteiger partial charge in [-0.2, -0.15) is 0 Å². The zero-order valence-electron chi connectivity index (χ0n) is 26.4. The first-order valence-corrected chi connectivity index (χ1v) is 15.3. The zero-order valence-corrected chi connectivity index (χ0v) is 27.9. The van der Waals surface area contributed by atoms with Crippen molar-refractivity contribution in [3.05, 3.63) is 82.9 Å². The fourth-order valence-electron chi connectivity index (χ4n) is 5.61. The Balaban J connectivity index is 0.00000529. The Morgan fingerprint density at radius 1 is 0.644 bits per heavy atom. The smallest absolute Gasteiger partial charge is 0.342 e. The number of nitrogens with one attached hydrogen (secondary N) is 2. The highest BCUT2D eigenvalue weighted by Crippen LogP contribution is 2.39. The number of phenolic OH excluding ortho intramolecular Hbond substituents is 2. The van der Waals surface area contributed by atoms with Gasteiger partial charge < -0.3 is 54.3 Å². The molecule has 0 radical (unpaired) electrons. The SMILES string of the molecule is CC[NH+](CC)CCOC(=O)c1cc2ccccc2c(Cc2c(O)c(C(=O)OCC[NH+](CC)CC)cc3ccccc23)c1O.[Cl-].[Cl-].[HH].[HH]. The van der Waals surface area contributed by atoms with Crippen molar-refractivity contribution in [1.82, 2.24) is 0 Å². The molecular formula is C35H48Cl2N2O6. The monoisotopic (exact) mass is 662 g/mol. The van der Waals surface area contributed by atoms with E-state index in [0.717, 1.165) is 47.7 Å². The lowest BCUT2D eigenvalue weighted by Gasteiger charge is -2.18. The predicted octanol–water partition coefficient (Wildman–Crippen LogP) is -2.34. The molecule has 0 saturated carbocycles.